The van der Waals surface area contributed by atoms with Gasteiger partial charge in [-0.05, 0) is 43.5 Å². The second-order valence-corrected chi connectivity index (χ2v) is 9.20. The number of hydrogen-bond acceptors (Lipinski definition) is 4. The van der Waals surface area contributed by atoms with Gasteiger partial charge in [0.1, 0.15) is 5.82 Å². The molecule has 1 aromatic carbocycles. The number of rotatable bonds is 3. The van der Waals surface area contributed by atoms with Crippen LogP contribution in [0.2, 0.25) is 0 Å². The van der Waals surface area contributed by atoms with E-state index in [-0.39, 0.29) is 29.2 Å². The molecule has 1 atom stereocenters. The summed E-state index contributed by atoms with van der Waals surface area (Å²) in [7, 11) is -3.59. The van der Waals surface area contributed by atoms with E-state index in [1.807, 2.05) is 0 Å². The summed E-state index contributed by atoms with van der Waals surface area (Å²) < 4.78 is 38.4. The monoisotopic (exact) mass is 382 g/mol. The molecule has 142 valence electrons. The van der Waals surface area contributed by atoms with Crippen molar-refractivity contribution >= 4 is 21.7 Å². The zero-order valence-electron chi connectivity index (χ0n) is 14.7. The van der Waals surface area contributed by atoms with Gasteiger partial charge in [-0.25, -0.2) is 12.8 Å². The van der Waals surface area contributed by atoms with Crippen LogP contribution in [0.4, 0.5) is 4.39 Å². The Labute approximate surface area is 152 Å². The second kappa shape index (κ2) is 7.34. The Morgan fingerprint density at radius 3 is 2.15 bits per heavy atom. The Morgan fingerprint density at radius 1 is 1.00 bits per heavy atom. The summed E-state index contributed by atoms with van der Waals surface area (Å²) in [6, 6.07) is 4.81. The zero-order chi connectivity index (χ0) is 18.9. The van der Waals surface area contributed by atoms with Gasteiger partial charge in [-0.15, -0.1) is 0 Å². The van der Waals surface area contributed by atoms with Crippen LogP contribution in [0.25, 0.3) is 0 Å². The predicted octanol–water partition coefficient (Wildman–Crippen LogP) is 1.46. The Balaban J connectivity index is 1.62. The van der Waals surface area contributed by atoms with Crippen molar-refractivity contribution in [3.05, 3.63) is 30.1 Å². The minimum Gasteiger partial charge on any atom is -0.343 e. The maximum atomic E-state index is 13.0. The first-order valence-corrected chi connectivity index (χ1v) is 10.4. The number of amides is 2. The van der Waals surface area contributed by atoms with Crippen molar-refractivity contribution in [1.29, 1.82) is 0 Å². The molecule has 2 aliphatic rings. The summed E-state index contributed by atoms with van der Waals surface area (Å²) in [4.78, 5) is 27.5. The third-order valence-electron chi connectivity index (χ3n) is 5.33. The molecule has 0 aliphatic carbocycles. The van der Waals surface area contributed by atoms with Crippen molar-refractivity contribution in [2.45, 2.75) is 36.3 Å². The van der Waals surface area contributed by atoms with Crippen molar-refractivity contribution < 1.29 is 22.4 Å². The third kappa shape index (κ3) is 3.75. The number of benzene rings is 1. The lowest BCUT2D eigenvalue weighted by atomic mass is 9.95. The predicted molar refractivity (Wildman–Crippen MR) is 93.5 cm³/mol. The van der Waals surface area contributed by atoms with Crippen molar-refractivity contribution in [1.82, 2.24) is 9.80 Å². The minimum atomic E-state index is -3.59. The highest BCUT2D eigenvalue weighted by atomic mass is 32.2. The molecule has 2 aliphatic heterocycles. The molecule has 0 N–H and O–H groups in total. The highest BCUT2D eigenvalue weighted by Gasteiger charge is 2.38. The molecule has 3 rings (SSSR count). The van der Waals surface area contributed by atoms with Crippen LogP contribution in [-0.4, -0.2) is 61.5 Å². The fraction of sp³-hybridized carbons (Fsp3) is 0.556. The number of sulfone groups is 1. The van der Waals surface area contributed by atoms with Crippen LogP contribution >= 0.6 is 0 Å². The van der Waals surface area contributed by atoms with Crippen molar-refractivity contribution in [2.24, 2.45) is 5.92 Å². The van der Waals surface area contributed by atoms with Gasteiger partial charge in [-0.1, -0.05) is 0 Å². The molecule has 0 bridgehead atoms. The molecule has 6 nitrogen and oxygen atoms in total. The first-order valence-electron chi connectivity index (χ1n) is 8.83. The van der Waals surface area contributed by atoms with Crippen molar-refractivity contribution in [2.75, 3.05) is 26.2 Å². The van der Waals surface area contributed by atoms with Gasteiger partial charge in [0.15, 0.2) is 9.84 Å². The van der Waals surface area contributed by atoms with Gasteiger partial charge in [0.05, 0.1) is 10.1 Å². The highest BCUT2D eigenvalue weighted by molar-refractivity contribution is 7.92. The molecular formula is C18H23FN2O4S. The fourth-order valence-electron chi connectivity index (χ4n) is 3.70. The Kier molecular flexibility index (Phi) is 5.32. The summed E-state index contributed by atoms with van der Waals surface area (Å²) in [5, 5.41) is -0.658. The quantitative estimate of drug-likeness (QED) is 0.742. The molecule has 0 aromatic heterocycles. The molecule has 2 saturated heterocycles. The first-order chi connectivity index (χ1) is 12.3. The van der Waals surface area contributed by atoms with Crippen LogP contribution in [0.3, 0.4) is 0 Å². The number of halogens is 1. The first kappa shape index (κ1) is 18.8. The molecule has 0 saturated carbocycles. The lowest BCUT2D eigenvalue weighted by Gasteiger charge is -2.32. The Hall–Kier alpha value is -1.96. The summed E-state index contributed by atoms with van der Waals surface area (Å²) in [5.74, 6) is -0.644. The van der Waals surface area contributed by atoms with Gasteiger partial charge in [0.25, 0.3) is 0 Å². The van der Waals surface area contributed by atoms with Crippen LogP contribution in [-0.2, 0) is 19.4 Å². The zero-order valence-corrected chi connectivity index (χ0v) is 15.5. The Bertz CT molecular complexity index is 786. The number of likely N-dealkylation sites (tertiary alicyclic amines) is 2. The van der Waals surface area contributed by atoms with Crippen molar-refractivity contribution in [3.63, 3.8) is 0 Å². The van der Waals surface area contributed by atoms with Crippen LogP contribution in [0.5, 0.6) is 0 Å². The number of hydrogen-bond donors (Lipinski definition) is 0. The SMILES string of the molecule is CC(=O)N1CCC(C(=O)N2CCC(S(=O)(=O)c3ccc(F)cc3)C2)CC1. The van der Waals surface area contributed by atoms with E-state index < -0.39 is 20.9 Å². The minimum absolute atomic E-state index is 0.0162. The molecular weight excluding hydrogens is 359 g/mol. The summed E-state index contributed by atoms with van der Waals surface area (Å²) in [5.41, 5.74) is 0. The maximum Gasteiger partial charge on any atom is 0.225 e. The highest BCUT2D eigenvalue weighted by Crippen LogP contribution is 2.27. The van der Waals surface area contributed by atoms with Crippen LogP contribution in [0, 0.1) is 11.7 Å². The standard InChI is InChI=1S/C18H23FN2O4S/c1-13(22)20-9-6-14(7-10-20)18(23)21-11-8-17(12-21)26(24,25)16-4-2-15(19)3-5-16/h2-5,14,17H,6-12H2,1H3. The molecule has 2 heterocycles. The van der Waals surface area contributed by atoms with E-state index in [0.717, 1.165) is 12.1 Å². The topological polar surface area (TPSA) is 74.8 Å². The molecule has 1 aromatic rings. The smallest absolute Gasteiger partial charge is 0.225 e. The van der Waals surface area contributed by atoms with Crippen LogP contribution < -0.4 is 0 Å². The van der Waals surface area contributed by atoms with Gasteiger partial charge >= 0.3 is 0 Å². The van der Waals surface area contributed by atoms with E-state index >= 15 is 0 Å². The molecule has 2 amide bonds. The largest absolute Gasteiger partial charge is 0.343 e. The van der Waals surface area contributed by atoms with E-state index in [4.69, 9.17) is 0 Å². The average molecular weight is 382 g/mol. The summed E-state index contributed by atoms with van der Waals surface area (Å²) in [6.07, 6.45) is 1.62. The number of carbonyl (C=O) groups is 2. The summed E-state index contributed by atoms with van der Waals surface area (Å²) >= 11 is 0. The number of piperidine rings is 1. The molecule has 0 spiro atoms. The van der Waals surface area contributed by atoms with Crippen molar-refractivity contribution in [3.8, 4) is 0 Å². The lowest BCUT2D eigenvalue weighted by molar-refractivity contribution is -0.139. The Morgan fingerprint density at radius 2 is 1.58 bits per heavy atom. The molecule has 26 heavy (non-hydrogen) atoms. The lowest BCUT2D eigenvalue weighted by Crippen LogP contribution is -2.43. The molecule has 8 heteroatoms. The van der Waals surface area contributed by atoms with Gasteiger partial charge in [-0.2, -0.15) is 0 Å². The van der Waals surface area contributed by atoms with Gasteiger partial charge in [0, 0.05) is 39.0 Å². The molecule has 2 fully saturated rings. The van der Waals surface area contributed by atoms with Crippen LogP contribution in [0.15, 0.2) is 29.2 Å². The van der Waals surface area contributed by atoms with Gasteiger partial charge in [0.2, 0.25) is 11.8 Å². The fourth-order valence-corrected chi connectivity index (χ4v) is 5.39. The second-order valence-electron chi connectivity index (χ2n) is 6.97. The van der Waals surface area contributed by atoms with E-state index in [9.17, 15) is 22.4 Å². The number of nitrogens with zero attached hydrogens (tertiary/aromatic N) is 2. The van der Waals surface area contributed by atoms with E-state index in [1.165, 1.54) is 19.1 Å². The summed E-state index contributed by atoms with van der Waals surface area (Å²) in [6.45, 7) is 3.24. The van der Waals surface area contributed by atoms with E-state index in [0.29, 0.717) is 38.9 Å². The van der Waals surface area contributed by atoms with Gasteiger partial charge in [-0.3, -0.25) is 9.59 Å². The average Bonchev–Trinajstić information content (AvgIpc) is 3.12. The van der Waals surface area contributed by atoms with Crippen LogP contribution in [0.1, 0.15) is 26.2 Å². The molecule has 1 unspecified atom stereocenters. The van der Waals surface area contributed by atoms with Gasteiger partial charge < -0.3 is 9.80 Å². The maximum absolute atomic E-state index is 13.0. The molecule has 0 radical (unpaired) electrons. The number of carbonyl (C=O) groups excluding carboxylic acids is 2. The normalized spacial score (nSPS) is 21.8. The van der Waals surface area contributed by atoms with E-state index in [2.05, 4.69) is 0 Å². The third-order valence-corrected chi connectivity index (χ3v) is 7.52. The van der Waals surface area contributed by atoms with E-state index in [1.54, 1.807) is 9.80 Å².